The number of hydrogen-bond acceptors (Lipinski definition) is 8. The quantitative estimate of drug-likeness (QED) is 0.763. The Morgan fingerprint density at radius 1 is 1.52 bits per heavy atom. The van der Waals surface area contributed by atoms with Crippen LogP contribution < -0.4 is 5.32 Å². The molecule has 0 unspecified atom stereocenters. The lowest BCUT2D eigenvalue weighted by atomic mass is 10.2. The fourth-order valence-electron chi connectivity index (χ4n) is 2.21. The molecule has 3 rings (SSSR count). The van der Waals surface area contributed by atoms with Crippen LogP contribution in [-0.2, 0) is 22.5 Å². The molecule has 1 fully saturated rings. The molecule has 9 heteroatoms. The van der Waals surface area contributed by atoms with Gasteiger partial charge in [0.15, 0.2) is 5.82 Å². The predicted molar refractivity (Wildman–Crippen MR) is 86.3 cm³/mol. The van der Waals surface area contributed by atoms with Crippen LogP contribution in [0.25, 0.3) is 0 Å². The summed E-state index contributed by atoms with van der Waals surface area (Å²) in [7, 11) is 0. The molecule has 1 amide bonds. The molecule has 1 aliphatic rings. The van der Waals surface area contributed by atoms with Crippen LogP contribution in [0.1, 0.15) is 43.3 Å². The van der Waals surface area contributed by atoms with E-state index in [1.54, 1.807) is 23.1 Å². The summed E-state index contributed by atoms with van der Waals surface area (Å²) in [5.41, 5.74) is 0.789. The van der Waals surface area contributed by atoms with Crippen LogP contribution in [0.2, 0.25) is 0 Å². The van der Waals surface area contributed by atoms with E-state index in [0.717, 1.165) is 35.2 Å². The predicted octanol–water partition coefficient (Wildman–Crippen LogP) is 2.35. The van der Waals surface area contributed by atoms with Gasteiger partial charge in [-0.3, -0.25) is 4.79 Å². The smallest absolute Gasteiger partial charge is 0.255 e. The monoisotopic (exact) mass is 354 g/mol. The van der Waals surface area contributed by atoms with Crippen molar-refractivity contribution in [3.8, 4) is 0 Å². The first-order valence-corrected chi connectivity index (χ1v) is 9.39. The summed E-state index contributed by atoms with van der Waals surface area (Å²) in [5, 5.41) is 8.57. The van der Waals surface area contributed by atoms with E-state index in [1.807, 2.05) is 5.38 Å². The van der Waals surface area contributed by atoms with Gasteiger partial charge in [-0.2, -0.15) is 4.98 Å². The Labute approximate surface area is 142 Å². The number of thioether (sulfide) groups is 1. The van der Waals surface area contributed by atoms with E-state index >= 15 is 0 Å². The van der Waals surface area contributed by atoms with E-state index in [1.165, 1.54) is 0 Å². The van der Waals surface area contributed by atoms with Crippen molar-refractivity contribution < 1.29 is 14.1 Å². The first kappa shape index (κ1) is 16.4. The minimum atomic E-state index is -0.105. The molecule has 0 spiro atoms. The van der Waals surface area contributed by atoms with Crippen LogP contribution in [0.15, 0.2) is 14.2 Å². The van der Waals surface area contributed by atoms with E-state index in [4.69, 9.17) is 9.26 Å². The van der Waals surface area contributed by atoms with Gasteiger partial charge in [-0.25, -0.2) is 4.98 Å². The summed E-state index contributed by atoms with van der Waals surface area (Å²) < 4.78 is 11.7. The Bertz CT molecular complexity index is 652. The lowest BCUT2D eigenvalue weighted by Crippen LogP contribution is -2.25. The molecule has 0 saturated carbocycles. The van der Waals surface area contributed by atoms with Crippen LogP contribution in [0, 0.1) is 0 Å². The number of amides is 1. The number of nitrogens with zero attached hydrogens (tertiary/aromatic N) is 3. The van der Waals surface area contributed by atoms with Gasteiger partial charge in [-0.15, -0.1) is 11.3 Å². The lowest BCUT2D eigenvalue weighted by molar-refractivity contribution is -0.120. The highest BCUT2D eigenvalue weighted by Gasteiger charge is 2.23. The zero-order valence-electron chi connectivity index (χ0n) is 12.8. The second-order valence-electron chi connectivity index (χ2n) is 5.04. The number of hydrogen-bond donors (Lipinski definition) is 1. The Hall–Kier alpha value is -1.45. The van der Waals surface area contributed by atoms with Crippen LogP contribution in [0.5, 0.6) is 0 Å². The minimum Gasteiger partial charge on any atom is -0.368 e. The maximum atomic E-state index is 12.0. The fraction of sp³-hybridized carbons (Fsp3) is 0.571. The second-order valence-corrected chi connectivity index (χ2v) is 7.41. The number of rotatable bonds is 7. The van der Waals surface area contributed by atoms with Crippen molar-refractivity contribution in [3.05, 3.63) is 22.8 Å². The molecular formula is C14H18N4O3S2. The fourth-order valence-corrected chi connectivity index (χ4v) is 3.95. The first-order valence-electron chi connectivity index (χ1n) is 7.52. The lowest BCUT2D eigenvalue weighted by Gasteiger charge is -2.01. The molecule has 1 aliphatic heterocycles. The van der Waals surface area contributed by atoms with E-state index in [9.17, 15) is 4.79 Å². The van der Waals surface area contributed by atoms with E-state index in [2.05, 4.69) is 27.4 Å². The molecule has 2 aromatic rings. The highest BCUT2D eigenvalue weighted by Crippen LogP contribution is 2.26. The van der Waals surface area contributed by atoms with Gasteiger partial charge in [0, 0.05) is 12.0 Å². The van der Waals surface area contributed by atoms with Gasteiger partial charge >= 0.3 is 0 Å². The number of carbonyl (C=O) groups is 1. The number of thiazole rings is 1. The zero-order valence-corrected chi connectivity index (χ0v) is 14.4. The van der Waals surface area contributed by atoms with E-state index in [-0.39, 0.29) is 25.0 Å². The van der Waals surface area contributed by atoms with Gasteiger partial charge in [-0.1, -0.05) is 23.8 Å². The number of aromatic nitrogens is 3. The Morgan fingerprint density at radius 2 is 2.43 bits per heavy atom. The van der Waals surface area contributed by atoms with Gasteiger partial charge in [0.05, 0.1) is 18.7 Å². The molecule has 0 radical (unpaired) electrons. The molecule has 1 N–H and O–H groups in total. The molecule has 0 bridgehead atoms. The maximum Gasteiger partial charge on any atom is 0.255 e. The largest absolute Gasteiger partial charge is 0.368 e. The molecule has 0 aliphatic carbocycles. The summed E-state index contributed by atoms with van der Waals surface area (Å²) in [4.78, 5) is 20.6. The Balaban J connectivity index is 1.46. The standard InChI is InChI=1S/C14H18N4O3S2/c1-2-22-14-16-9(8-23-14)6-12(19)15-7-11-17-13(21-18-11)10-4-3-5-20-10/h8,10H,2-7H2,1H3,(H,15,19)/t10-/m0/s1. The summed E-state index contributed by atoms with van der Waals surface area (Å²) in [5.74, 6) is 1.83. The molecule has 2 aromatic heterocycles. The van der Waals surface area contributed by atoms with Crippen molar-refractivity contribution in [3.63, 3.8) is 0 Å². The van der Waals surface area contributed by atoms with Crippen LogP contribution in [0.4, 0.5) is 0 Å². The summed E-state index contributed by atoms with van der Waals surface area (Å²) in [6, 6.07) is 0. The van der Waals surface area contributed by atoms with E-state index < -0.39 is 0 Å². The highest BCUT2D eigenvalue weighted by molar-refractivity contribution is 8.00. The van der Waals surface area contributed by atoms with Gasteiger partial charge < -0.3 is 14.6 Å². The normalized spacial score (nSPS) is 17.5. The SMILES string of the molecule is CCSc1nc(CC(=O)NCc2noc([C@@H]3CCCO3)n2)cs1. The summed E-state index contributed by atoms with van der Waals surface area (Å²) in [6.45, 7) is 3.05. The number of carbonyl (C=O) groups excluding carboxylic acids is 1. The molecule has 7 nitrogen and oxygen atoms in total. The average Bonchev–Trinajstić information content (AvgIpc) is 3.27. The number of nitrogens with one attached hydrogen (secondary N) is 1. The topological polar surface area (TPSA) is 90.1 Å². The Kier molecular flexibility index (Phi) is 5.63. The third-order valence-corrected chi connectivity index (χ3v) is 5.22. The van der Waals surface area contributed by atoms with Crippen molar-refractivity contribution in [2.24, 2.45) is 0 Å². The van der Waals surface area contributed by atoms with Gasteiger partial charge in [0.1, 0.15) is 10.4 Å². The second kappa shape index (κ2) is 7.89. The summed E-state index contributed by atoms with van der Waals surface area (Å²) in [6.07, 6.45) is 2.06. The molecular weight excluding hydrogens is 336 g/mol. The van der Waals surface area contributed by atoms with Gasteiger partial charge in [0.25, 0.3) is 5.89 Å². The van der Waals surface area contributed by atoms with Crippen LogP contribution >= 0.6 is 23.1 Å². The molecule has 0 aromatic carbocycles. The van der Waals surface area contributed by atoms with Crippen LogP contribution in [0.3, 0.4) is 0 Å². The van der Waals surface area contributed by atoms with Crippen molar-refractivity contribution in [2.45, 2.75) is 43.2 Å². The van der Waals surface area contributed by atoms with Gasteiger partial charge in [0.2, 0.25) is 5.91 Å². The third-order valence-electron chi connectivity index (χ3n) is 3.27. The zero-order chi connectivity index (χ0) is 16.1. The van der Waals surface area contributed by atoms with Crippen molar-refractivity contribution in [1.29, 1.82) is 0 Å². The summed E-state index contributed by atoms with van der Waals surface area (Å²) >= 11 is 3.25. The molecule has 23 heavy (non-hydrogen) atoms. The highest BCUT2D eigenvalue weighted by atomic mass is 32.2. The van der Waals surface area contributed by atoms with Crippen molar-refractivity contribution >= 4 is 29.0 Å². The van der Waals surface area contributed by atoms with Gasteiger partial charge in [-0.05, 0) is 18.6 Å². The minimum absolute atomic E-state index is 0.101. The van der Waals surface area contributed by atoms with Crippen molar-refractivity contribution in [2.75, 3.05) is 12.4 Å². The van der Waals surface area contributed by atoms with E-state index in [0.29, 0.717) is 11.7 Å². The molecule has 3 heterocycles. The third kappa shape index (κ3) is 4.52. The maximum absolute atomic E-state index is 12.0. The Morgan fingerprint density at radius 3 is 3.22 bits per heavy atom. The van der Waals surface area contributed by atoms with Crippen LogP contribution in [-0.4, -0.2) is 33.4 Å². The molecule has 1 saturated heterocycles. The average molecular weight is 354 g/mol. The molecule has 1 atom stereocenters. The number of ether oxygens (including phenoxy) is 1. The van der Waals surface area contributed by atoms with Crippen molar-refractivity contribution in [1.82, 2.24) is 20.4 Å². The first-order chi connectivity index (χ1) is 11.2. The molecule has 124 valence electrons.